The third-order valence-corrected chi connectivity index (χ3v) is 5.68. The Labute approximate surface area is 157 Å². The smallest absolute Gasteiger partial charge is 0.226 e. The molecule has 1 aliphatic heterocycles. The van der Waals surface area contributed by atoms with Gasteiger partial charge in [0, 0.05) is 30.0 Å². The monoisotopic (exact) mass is 377 g/mol. The molecule has 5 nitrogen and oxygen atoms in total. The quantitative estimate of drug-likeness (QED) is 0.779. The van der Waals surface area contributed by atoms with Crippen molar-refractivity contribution in [2.24, 2.45) is 5.41 Å². The van der Waals surface area contributed by atoms with Crippen LogP contribution in [0.4, 0.5) is 4.39 Å². The zero-order valence-corrected chi connectivity index (χ0v) is 15.7. The number of carbonyl (C=O) groups is 1. The lowest BCUT2D eigenvalue weighted by Crippen LogP contribution is -2.47. The van der Waals surface area contributed by atoms with Gasteiger partial charge >= 0.3 is 0 Å². The number of thiazole rings is 1. The van der Waals surface area contributed by atoms with Crippen molar-refractivity contribution in [3.05, 3.63) is 41.2 Å². The van der Waals surface area contributed by atoms with Gasteiger partial charge in [-0.2, -0.15) is 0 Å². The van der Waals surface area contributed by atoms with Crippen LogP contribution in [0.1, 0.15) is 18.5 Å². The summed E-state index contributed by atoms with van der Waals surface area (Å²) in [5.74, 6) is -0.336. The van der Waals surface area contributed by atoms with E-state index in [1.807, 2.05) is 11.4 Å². The van der Waals surface area contributed by atoms with Crippen molar-refractivity contribution >= 4 is 17.2 Å². The normalized spacial score (nSPS) is 16.4. The van der Waals surface area contributed by atoms with E-state index in [9.17, 15) is 9.18 Å². The molecule has 1 saturated heterocycles. The fraction of sp³-hybridized carbons (Fsp3) is 0.474. The lowest BCUT2D eigenvalue weighted by Gasteiger charge is -2.37. The number of piperidine rings is 1. The molecule has 2 heterocycles. The summed E-state index contributed by atoms with van der Waals surface area (Å²) in [5.41, 5.74) is 1.44. The van der Waals surface area contributed by atoms with E-state index in [0.29, 0.717) is 18.8 Å². The molecule has 2 N–H and O–H groups in total. The molecule has 0 spiro atoms. The van der Waals surface area contributed by atoms with E-state index in [1.54, 1.807) is 13.2 Å². The van der Waals surface area contributed by atoms with Crippen LogP contribution in [0.5, 0.6) is 0 Å². The maximum absolute atomic E-state index is 13.3. The number of carbonyl (C=O) groups excluding carboxylic acids is 1. The van der Waals surface area contributed by atoms with E-state index >= 15 is 0 Å². The van der Waals surface area contributed by atoms with E-state index in [4.69, 9.17) is 4.74 Å². The minimum Gasteiger partial charge on any atom is -0.384 e. The first-order chi connectivity index (χ1) is 12.6. The van der Waals surface area contributed by atoms with Gasteiger partial charge in [-0.3, -0.25) is 4.79 Å². The van der Waals surface area contributed by atoms with Gasteiger partial charge in [-0.15, -0.1) is 11.3 Å². The SMILES string of the molecule is COCC1(CNC(=O)Cc2csc(-c3cccc(F)c3)n2)CCNCC1. The maximum atomic E-state index is 13.3. The number of hydrogen-bond acceptors (Lipinski definition) is 5. The van der Waals surface area contributed by atoms with Crippen LogP contribution in [0.2, 0.25) is 0 Å². The van der Waals surface area contributed by atoms with E-state index < -0.39 is 0 Å². The van der Waals surface area contributed by atoms with Gasteiger partial charge in [0.05, 0.1) is 18.7 Å². The fourth-order valence-electron chi connectivity index (χ4n) is 3.29. The van der Waals surface area contributed by atoms with Gasteiger partial charge in [-0.25, -0.2) is 9.37 Å². The van der Waals surface area contributed by atoms with Crippen molar-refractivity contribution in [1.82, 2.24) is 15.6 Å². The third kappa shape index (κ3) is 4.87. The topological polar surface area (TPSA) is 63.2 Å². The van der Waals surface area contributed by atoms with Crippen LogP contribution in [0.3, 0.4) is 0 Å². The van der Waals surface area contributed by atoms with Crippen molar-refractivity contribution in [1.29, 1.82) is 0 Å². The number of halogens is 1. The summed E-state index contributed by atoms with van der Waals surface area (Å²) >= 11 is 1.42. The van der Waals surface area contributed by atoms with E-state index in [2.05, 4.69) is 15.6 Å². The number of benzene rings is 1. The Morgan fingerprint density at radius 1 is 1.42 bits per heavy atom. The summed E-state index contributed by atoms with van der Waals surface area (Å²) in [6.07, 6.45) is 2.20. The average molecular weight is 377 g/mol. The molecule has 1 fully saturated rings. The molecule has 26 heavy (non-hydrogen) atoms. The molecular formula is C19H24FN3O2S. The zero-order chi connectivity index (χ0) is 18.4. The highest BCUT2D eigenvalue weighted by atomic mass is 32.1. The first-order valence-electron chi connectivity index (χ1n) is 8.77. The summed E-state index contributed by atoms with van der Waals surface area (Å²) in [7, 11) is 1.70. The zero-order valence-electron chi connectivity index (χ0n) is 14.9. The fourth-order valence-corrected chi connectivity index (χ4v) is 4.11. The van der Waals surface area contributed by atoms with Crippen molar-refractivity contribution in [3.63, 3.8) is 0 Å². The molecule has 0 bridgehead atoms. The average Bonchev–Trinajstić information content (AvgIpc) is 3.10. The van der Waals surface area contributed by atoms with Crippen molar-refractivity contribution in [3.8, 4) is 10.6 Å². The second-order valence-electron chi connectivity index (χ2n) is 6.79. The van der Waals surface area contributed by atoms with E-state index in [0.717, 1.165) is 36.5 Å². The molecule has 3 rings (SSSR count). The number of nitrogens with zero attached hydrogens (tertiary/aromatic N) is 1. The molecule has 140 valence electrons. The molecule has 1 aromatic heterocycles. The highest BCUT2D eigenvalue weighted by Crippen LogP contribution is 2.28. The number of rotatable bonds is 7. The molecule has 0 unspecified atom stereocenters. The van der Waals surface area contributed by atoms with Gasteiger partial charge in [0.15, 0.2) is 0 Å². The minimum absolute atomic E-state index is 0.00443. The molecule has 0 aliphatic carbocycles. The Morgan fingerprint density at radius 3 is 2.96 bits per heavy atom. The first-order valence-corrected chi connectivity index (χ1v) is 9.65. The number of methoxy groups -OCH3 is 1. The van der Waals surface area contributed by atoms with Crippen LogP contribution in [0.15, 0.2) is 29.6 Å². The third-order valence-electron chi connectivity index (χ3n) is 4.74. The Bertz CT molecular complexity index is 738. The largest absolute Gasteiger partial charge is 0.384 e. The summed E-state index contributed by atoms with van der Waals surface area (Å²) in [6, 6.07) is 6.33. The van der Waals surface area contributed by atoms with Crippen LogP contribution < -0.4 is 10.6 Å². The predicted molar refractivity (Wildman–Crippen MR) is 101 cm³/mol. The van der Waals surface area contributed by atoms with Crippen molar-refractivity contribution < 1.29 is 13.9 Å². The van der Waals surface area contributed by atoms with Gasteiger partial charge in [0.2, 0.25) is 5.91 Å². The van der Waals surface area contributed by atoms with Crippen LogP contribution in [-0.4, -0.2) is 44.2 Å². The molecule has 0 radical (unpaired) electrons. The second kappa shape index (κ2) is 8.70. The minimum atomic E-state index is -0.289. The lowest BCUT2D eigenvalue weighted by molar-refractivity contribution is -0.121. The van der Waals surface area contributed by atoms with Crippen LogP contribution in [-0.2, 0) is 16.0 Å². The van der Waals surface area contributed by atoms with Crippen LogP contribution >= 0.6 is 11.3 Å². The maximum Gasteiger partial charge on any atom is 0.226 e. The van der Waals surface area contributed by atoms with E-state index in [1.165, 1.54) is 23.5 Å². The summed E-state index contributed by atoms with van der Waals surface area (Å²) < 4.78 is 18.7. The Kier molecular flexibility index (Phi) is 6.34. The Hall–Kier alpha value is -1.83. The number of aromatic nitrogens is 1. The van der Waals surface area contributed by atoms with Gasteiger partial charge in [0.25, 0.3) is 0 Å². The number of amides is 1. The number of ether oxygens (including phenoxy) is 1. The summed E-state index contributed by atoms with van der Waals surface area (Å²) in [6.45, 7) is 3.16. The van der Waals surface area contributed by atoms with E-state index in [-0.39, 0.29) is 23.6 Å². The Morgan fingerprint density at radius 2 is 2.23 bits per heavy atom. The molecule has 0 saturated carbocycles. The lowest BCUT2D eigenvalue weighted by atomic mass is 9.79. The summed E-state index contributed by atoms with van der Waals surface area (Å²) in [4.78, 5) is 16.8. The van der Waals surface area contributed by atoms with Gasteiger partial charge < -0.3 is 15.4 Å². The first kappa shape index (κ1) is 18.9. The molecule has 0 atom stereocenters. The van der Waals surface area contributed by atoms with Gasteiger partial charge in [0.1, 0.15) is 10.8 Å². The summed E-state index contributed by atoms with van der Waals surface area (Å²) in [5, 5.41) is 8.97. The van der Waals surface area contributed by atoms with Gasteiger partial charge in [-0.05, 0) is 38.1 Å². The molecule has 1 amide bonds. The molecule has 7 heteroatoms. The van der Waals surface area contributed by atoms with Gasteiger partial charge in [-0.1, -0.05) is 12.1 Å². The number of nitrogens with one attached hydrogen (secondary N) is 2. The predicted octanol–water partition coefficient (Wildman–Crippen LogP) is 2.62. The molecule has 1 aromatic carbocycles. The second-order valence-corrected chi connectivity index (χ2v) is 7.65. The highest BCUT2D eigenvalue weighted by Gasteiger charge is 2.32. The standard InChI is InChI=1S/C19H24FN3O2S/c1-25-13-19(5-7-21-8-6-19)12-22-17(24)10-16-11-26-18(23-16)14-3-2-4-15(20)9-14/h2-4,9,11,21H,5-8,10,12-13H2,1H3,(H,22,24). The molecular weight excluding hydrogens is 353 g/mol. The highest BCUT2D eigenvalue weighted by molar-refractivity contribution is 7.13. The van der Waals surface area contributed by atoms with Crippen LogP contribution in [0.25, 0.3) is 10.6 Å². The van der Waals surface area contributed by atoms with Crippen molar-refractivity contribution in [2.75, 3.05) is 33.4 Å². The molecule has 2 aromatic rings. The molecule has 1 aliphatic rings. The Balaban J connectivity index is 1.56. The number of hydrogen-bond donors (Lipinski definition) is 2. The van der Waals surface area contributed by atoms with Crippen molar-refractivity contribution in [2.45, 2.75) is 19.3 Å². The van der Waals surface area contributed by atoms with Crippen LogP contribution in [0, 0.1) is 11.2 Å².